The Morgan fingerprint density at radius 1 is 0.857 bits per heavy atom. The summed E-state index contributed by atoms with van der Waals surface area (Å²) >= 11 is 6.37. The summed E-state index contributed by atoms with van der Waals surface area (Å²) in [7, 11) is 1.98. The van der Waals surface area contributed by atoms with Crippen molar-refractivity contribution in [1.29, 1.82) is 5.26 Å². The summed E-state index contributed by atoms with van der Waals surface area (Å²) < 4.78 is 10.8. The molecule has 366 valence electrons. The predicted octanol–water partition coefficient (Wildman–Crippen LogP) is 9.20. The third-order valence-electron chi connectivity index (χ3n) is 18.0. The molecule has 1 amide bonds. The van der Waals surface area contributed by atoms with Crippen LogP contribution >= 0.6 is 11.6 Å². The molecule has 5 fully saturated rings. The Balaban J connectivity index is 0.626. The fourth-order valence-electron chi connectivity index (χ4n) is 13.7. The summed E-state index contributed by atoms with van der Waals surface area (Å²) in [6.07, 6.45) is 20.0. The van der Waals surface area contributed by atoms with Gasteiger partial charge in [0.1, 0.15) is 12.2 Å². The van der Waals surface area contributed by atoms with Gasteiger partial charge >= 0.3 is 0 Å². The number of ether oxygens (including phenoxy) is 1. The number of carbonyl (C=O) groups excluding carboxylic acids is 1. The van der Waals surface area contributed by atoms with Gasteiger partial charge in [0.05, 0.1) is 29.4 Å². The molecule has 7 aliphatic rings. The van der Waals surface area contributed by atoms with E-state index in [0.717, 1.165) is 107 Å². The zero-order valence-electron chi connectivity index (χ0n) is 41.3. The van der Waals surface area contributed by atoms with Gasteiger partial charge in [-0.15, -0.1) is 10.2 Å². The highest BCUT2D eigenvalue weighted by Gasteiger charge is 2.49. The Morgan fingerprint density at radius 3 is 2.33 bits per heavy atom. The molecule has 3 aromatic heterocycles. The lowest BCUT2D eigenvalue weighted by Gasteiger charge is -2.54. The standard InChI is InChI=1S/C55H67ClN12O2/c1-37-27-50-39(28-46(37)41-33-58-62(3)34-41)5-4-20-67(50)53-47-35-65(38(2)69)21-14-49(47)68(61-53)44-30-55(31-44)18-22-63(23-19-55)42-8-10-45(11-9-42)70-52-13-12-51(59-60-52)64-24-15-54(16-25-64)17-26-66(36-54)43-7-6-40(32-57)48(56)29-43/h6-7,12-13,27-29,33-34,42,44-45H,4-5,8-11,14-26,30-31,35-36H2,1-3H3. The van der Waals surface area contributed by atoms with Crippen LogP contribution in [0.2, 0.25) is 5.02 Å². The zero-order chi connectivity index (χ0) is 47.7. The monoisotopic (exact) mass is 963 g/mol. The van der Waals surface area contributed by atoms with Crippen molar-refractivity contribution >= 4 is 40.5 Å². The minimum absolute atomic E-state index is 0.143. The van der Waals surface area contributed by atoms with E-state index < -0.39 is 0 Å². The molecule has 5 aliphatic heterocycles. The number of carbonyl (C=O) groups is 1. The van der Waals surface area contributed by atoms with E-state index in [1.165, 1.54) is 91.7 Å². The minimum Gasteiger partial charge on any atom is -0.473 e. The number of fused-ring (bicyclic) bond motifs is 2. The van der Waals surface area contributed by atoms with Crippen molar-refractivity contribution < 1.29 is 9.53 Å². The number of rotatable bonds is 8. The highest BCUT2D eigenvalue weighted by atomic mass is 35.5. The number of halogens is 1. The molecule has 2 spiro atoms. The lowest BCUT2D eigenvalue weighted by molar-refractivity contribution is -0.129. The van der Waals surface area contributed by atoms with Crippen LogP contribution in [0.15, 0.2) is 54.9 Å². The molecule has 2 aromatic carbocycles. The molecule has 0 atom stereocenters. The lowest BCUT2D eigenvalue weighted by Crippen LogP contribution is -2.51. The fraction of sp³-hybridized carbons (Fsp3) is 0.564. The fourth-order valence-corrected chi connectivity index (χ4v) is 14.0. The van der Waals surface area contributed by atoms with E-state index in [2.05, 4.69) is 77.0 Å². The lowest BCUT2D eigenvalue weighted by atomic mass is 9.60. The number of hydrogen-bond donors (Lipinski definition) is 0. The Kier molecular flexibility index (Phi) is 11.8. The van der Waals surface area contributed by atoms with Crippen LogP contribution in [0.3, 0.4) is 0 Å². The van der Waals surface area contributed by atoms with Crippen LogP contribution in [-0.4, -0.2) is 110 Å². The highest BCUT2D eigenvalue weighted by molar-refractivity contribution is 6.32. The van der Waals surface area contributed by atoms with Crippen LogP contribution in [0.25, 0.3) is 11.1 Å². The molecule has 14 nitrogen and oxygen atoms in total. The summed E-state index contributed by atoms with van der Waals surface area (Å²) in [6, 6.07) is 17.9. The third kappa shape index (κ3) is 8.48. The maximum atomic E-state index is 12.7. The van der Waals surface area contributed by atoms with Crippen LogP contribution in [0.1, 0.15) is 118 Å². The molecular formula is C55H67ClN12O2. The van der Waals surface area contributed by atoms with Crippen LogP contribution in [0.5, 0.6) is 5.88 Å². The van der Waals surface area contributed by atoms with Gasteiger partial charge in [0.15, 0.2) is 11.6 Å². The van der Waals surface area contributed by atoms with Gasteiger partial charge < -0.3 is 29.2 Å². The second kappa shape index (κ2) is 18.2. The van der Waals surface area contributed by atoms with E-state index >= 15 is 0 Å². The number of hydrogen-bond acceptors (Lipinski definition) is 11. The van der Waals surface area contributed by atoms with Crippen LogP contribution < -0.4 is 19.4 Å². The topological polar surface area (TPSA) is 128 Å². The van der Waals surface area contributed by atoms with Crippen molar-refractivity contribution in [1.82, 2.24) is 39.6 Å². The quantitative estimate of drug-likeness (QED) is 0.148. The van der Waals surface area contributed by atoms with Crippen molar-refractivity contribution in [2.24, 2.45) is 17.9 Å². The molecular weight excluding hydrogens is 896 g/mol. The highest BCUT2D eigenvalue weighted by Crippen LogP contribution is 2.56. The maximum absolute atomic E-state index is 12.7. The maximum Gasteiger partial charge on any atom is 0.233 e. The van der Waals surface area contributed by atoms with Gasteiger partial charge in [-0.1, -0.05) is 11.6 Å². The Bertz CT molecular complexity index is 2800. The van der Waals surface area contributed by atoms with Gasteiger partial charge in [-0.2, -0.15) is 15.5 Å². The molecule has 15 heteroatoms. The number of aryl methyl sites for hydroxylation is 3. The van der Waals surface area contributed by atoms with Gasteiger partial charge in [0.25, 0.3) is 0 Å². The summed E-state index contributed by atoms with van der Waals surface area (Å²) in [4.78, 5) is 24.8. The first kappa shape index (κ1) is 45.5. The number of anilines is 4. The number of amides is 1. The van der Waals surface area contributed by atoms with E-state index in [1.807, 2.05) is 47.1 Å². The molecule has 2 aliphatic carbocycles. The van der Waals surface area contributed by atoms with Gasteiger partial charge in [-0.05, 0) is 167 Å². The van der Waals surface area contributed by atoms with E-state index in [-0.39, 0.29) is 12.0 Å². The van der Waals surface area contributed by atoms with Crippen LogP contribution in [0.4, 0.5) is 23.0 Å². The molecule has 8 heterocycles. The SMILES string of the molecule is CC(=O)N1CCc2c(c(N3CCCc4cc(-c5cnn(C)c5)c(C)cc43)nn2C2CC3(CCN(C4CCC(Oc5ccc(N6CCC7(CCN(c8ccc(C#N)c(Cl)c8)C7)CC6)nn5)CC4)CC3)C2)C1. The summed E-state index contributed by atoms with van der Waals surface area (Å²) in [5, 5.41) is 29.0. The Labute approximate surface area is 417 Å². The first-order valence-corrected chi connectivity index (χ1v) is 26.6. The van der Waals surface area contributed by atoms with Crippen LogP contribution in [0, 0.1) is 29.1 Å². The molecule has 2 saturated carbocycles. The average molecular weight is 964 g/mol. The van der Waals surface area contributed by atoms with E-state index in [4.69, 9.17) is 21.4 Å². The molecule has 70 heavy (non-hydrogen) atoms. The van der Waals surface area contributed by atoms with Crippen molar-refractivity contribution in [3.63, 3.8) is 0 Å². The summed E-state index contributed by atoms with van der Waals surface area (Å²) in [5.41, 5.74) is 11.2. The minimum atomic E-state index is 0.143. The number of piperidine rings is 2. The number of nitriles is 1. The van der Waals surface area contributed by atoms with Gasteiger partial charge in [-0.25, -0.2) is 0 Å². The molecule has 0 bridgehead atoms. The van der Waals surface area contributed by atoms with E-state index in [0.29, 0.717) is 45.9 Å². The molecule has 12 rings (SSSR count). The van der Waals surface area contributed by atoms with Gasteiger partial charge in [0.2, 0.25) is 11.8 Å². The number of likely N-dealkylation sites (tertiary alicyclic amines) is 1. The van der Waals surface area contributed by atoms with Crippen LogP contribution in [-0.2, 0) is 31.2 Å². The van der Waals surface area contributed by atoms with Crippen molar-refractivity contribution in [3.05, 3.63) is 87.8 Å². The van der Waals surface area contributed by atoms with Gasteiger partial charge in [0, 0.05) is 106 Å². The van der Waals surface area contributed by atoms with Gasteiger partial charge in [-0.3, -0.25) is 14.2 Å². The summed E-state index contributed by atoms with van der Waals surface area (Å²) in [5.74, 6) is 2.78. The second-order valence-corrected chi connectivity index (χ2v) is 22.6. The Hall–Kier alpha value is -5.65. The zero-order valence-corrected chi connectivity index (χ0v) is 42.0. The normalized spacial score (nSPS) is 23.3. The third-order valence-corrected chi connectivity index (χ3v) is 18.3. The average Bonchev–Trinajstić information content (AvgIpc) is 4.10. The molecule has 5 aromatic rings. The van der Waals surface area contributed by atoms with E-state index in [9.17, 15) is 10.1 Å². The van der Waals surface area contributed by atoms with Crippen molar-refractivity contribution in [2.75, 3.05) is 67.1 Å². The first-order chi connectivity index (χ1) is 34.0. The van der Waals surface area contributed by atoms with Crippen molar-refractivity contribution in [2.45, 2.75) is 128 Å². The van der Waals surface area contributed by atoms with E-state index in [1.54, 1.807) is 6.92 Å². The molecule has 0 radical (unpaired) electrons. The Morgan fingerprint density at radius 2 is 1.63 bits per heavy atom. The number of aromatic nitrogens is 6. The molecule has 3 saturated heterocycles. The van der Waals surface area contributed by atoms with Crippen molar-refractivity contribution in [3.8, 4) is 23.1 Å². The molecule has 0 N–H and O–H groups in total. The second-order valence-electron chi connectivity index (χ2n) is 22.1. The number of nitrogens with zero attached hydrogens (tertiary/aromatic N) is 12. The predicted molar refractivity (Wildman–Crippen MR) is 273 cm³/mol. The smallest absolute Gasteiger partial charge is 0.233 e. The first-order valence-electron chi connectivity index (χ1n) is 26.2. The number of benzene rings is 2. The summed E-state index contributed by atoms with van der Waals surface area (Å²) in [6.45, 7) is 12.6. The molecule has 0 unspecified atom stereocenters. The largest absolute Gasteiger partial charge is 0.473 e.